The molecule has 2 unspecified atom stereocenters. The number of rotatable bonds is 9. The summed E-state index contributed by atoms with van der Waals surface area (Å²) in [6, 6.07) is 21.1. The molecule has 1 saturated heterocycles. The van der Waals surface area contributed by atoms with Crippen LogP contribution in [0.2, 0.25) is 0 Å². The highest BCUT2D eigenvalue weighted by atomic mass is 16.6. The van der Waals surface area contributed by atoms with Crippen molar-refractivity contribution in [3.05, 3.63) is 95.8 Å². The molecule has 1 aliphatic heterocycles. The van der Waals surface area contributed by atoms with Crippen LogP contribution in [0, 0.1) is 0 Å². The summed E-state index contributed by atoms with van der Waals surface area (Å²) in [6.07, 6.45) is 1.40. The third-order valence-corrected chi connectivity index (χ3v) is 5.70. The predicted molar refractivity (Wildman–Crippen MR) is 131 cm³/mol. The van der Waals surface area contributed by atoms with Crippen molar-refractivity contribution in [1.29, 1.82) is 0 Å². The van der Waals surface area contributed by atoms with Gasteiger partial charge >= 0.3 is 6.09 Å². The van der Waals surface area contributed by atoms with Crippen LogP contribution in [0.4, 0.5) is 10.5 Å². The van der Waals surface area contributed by atoms with E-state index < -0.39 is 18.2 Å². The van der Waals surface area contributed by atoms with Crippen LogP contribution < -0.4 is 10.6 Å². The van der Waals surface area contributed by atoms with E-state index >= 15 is 0 Å². The number of nitrogens with one attached hydrogen (secondary N) is 2. The number of ether oxygens (including phenoxy) is 1. The molecule has 180 valence electrons. The fourth-order valence-corrected chi connectivity index (χ4v) is 4.02. The Morgan fingerprint density at radius 3 is 2.57 bits per heavy atom. The molecule has 1 aromatic heterocycles. The molecular formula is C27H28N4O4. The second-order valence-electron chi connectivity index (χ2n) is 8.33. The lowest BCUT2D eigenvalue weighted by molar-refractivity contribution is -0.126. The molecular weight excluding hydrogens is 444 g/mol. The van der Waals surface area contributed by atoms with Crippen LogP contribution in [0.25, 0.3) is 0 Å². The molecule has 0 saturated carbocycles. The summed E-state index contributed by atoms with van der Waals surface area (Å²) in [6.45, 7) is 2.39. The van der Waals surface area contributed by atoms with E-state index in [4.69, 9.17) is 4.74 Å². The van der Waals surface area contributed by atoms with Gasteiger partial charge in [-0.25, -0.2) is 4.79 Å². The molecule has 8 nitrogen and oxygen atoms in total. The smallest absolute Gasteiger partial charge is 0.411 e. The number of nitrogens with zero attached hydrogens (tertiary/aromatic N) is 2. The summed E-state index contributed by atoms with van der Waals surface area (Å²) in [5.74, 6) is -0.439. The van der Waals surface area contributed by atoms with Gasteiger partial charge in [-0.05, 0) is 41.8 Å². The third-order valence-electron chi connectivity index (χ3n) is 5.70. The summed E-state index contributed by atoms with van der Waals surface area (Å²) < 4.78 is 5.72. The van der Waals surface area contributed by atoms with Crippen molar-refractivity contribution in [2.75, 3.05) is 5.32 Å². The first-order valence-electron chi connectivity index (χ1n) is 11.6. The molecule has 1 aliphatic rings. The molecule has 2 aromatic carbocycles. The van der Waals surface area contributed by atoms with Gasteiger partial charge in [-0.2, -0.15) is 0 Å². The van der Waals surface area contributed by atoms with Gasteiger partial charge in [0.1, 0.15) is 0 Å². The van der Waals surface area contributed by atoms with Crippen molar-refractivity contribution >= 4 is 23.6 Å². The van der Waals surface area contributed by atoms with Crippen molar-refractivity contribution in [3.63, 3.8) is 0 Å². The van der Waals surface area contributed by atoms with E-state index in [-0.39, 0.29) is 24.9 Å². The minimum atomic E-state index is -0.895. The number of aromatic nitrogens is 1. The van der Waals surface area contributed by atoms with E-state index in [1.165, 1.54) is 4.90 Å². The van der Waals surface area contributed by atoms with Gasteiger partial charge in [0.25, 0.3) is 0 Å². The predicted octanol–water partition coefficient (Wildman–Crippen LogP) is 4.20. The van der Waals surface area contributed by atoms with Gasteiger partial charge in [0.05, 0.1) is 18.8 Å². The number of anilines is 1. The number of hydrogen-bond acceptors (Lipinski definition) is 5. The Balaban J connectivity index is 1.60. The van der Waals surface area contributed by atoms with E-state index in [2.05, 4.69) is 15.6 Å². The van der Waals surface area contributed by atoms with Crippen molar-refractivity contribution in [1.82, 2.24) is 15.2 Å². The number of pyridine rings is 1. The lowest BCUT2D eigenvalue weighted by Crippen LogP contribution is -2.46. The number of carbonyl (C=O) groups is 3. The van der Waals surface area contributed by atoms with Crippen LogP contribution in [0.15, 0.2) is 79.0 Å². The maximum atomic E-state index is 13.4. The van der Waals surface area contributed by atoms with Crippen LogP contribution in [0.5, 0.6) is 0 Å². The largest absolute Gasteiger partial charge is 0.438 e. The summed E-state index contributed by atoms with van der Waals surface area (Å²) in [5.41, 5.74) is 2.80. The molecule has 2 N–H and O–H groups in total. The fraction of sp³-hybridized carbons (Fsp3) is 0.259. The van der Waals surface area contributed by atoms with Gasteiger partial charge in [0.2, 0.25) is 11.8 Å². The molecule has 35 heavy (non-hydrogen) atoms. The van der Waals surface area contributed by atoms with Crippen LogP contribution in [-0.2, 0) is 27.4 Å². The Hall–Kier alpha value is -4.20. The summed E-state index contributed by atoms with van der Waals surface area (Å²) in [7, 11) is 0. The Kier molecular flexibility index (Phi) is 7.72. The standard InChI is InChI=1S/C27H28N4O4/c1-2-9-23(32)30-21-14-8-12-20(16-21)25-24(26(33)29-17-22-13-6-7-15-28-22)31(27(34)35-25)18-19-10-4-3-5-11-19/h3-8,10-16,24-25H,2,9,17-18H2,1H3,(H,29,33)(H,30,32). The lowest BCUT2D eigenvalue weighted by atomic mass is 10.00. The average molecular weight is 473 g/mol. The molecule has 0 radical (unpaired) electrons. The summed E-state index contributed by atoms with van der Waals surface area (Å²) in [5, 5.41) is 5.75. The molecule has 3 amide bonds. The highest BCUT2D eigenvalue weighted by Crippen LogP contribution is 2.35. The maximum Gasteiger partial charge on any atom is 0.411 e. The topological polar surface area (TPSA) is 101 Å². The zero-order chi connectivity index (χ0) is 24.6. The number of hydrogen-bond donors (Lipinski definition) is 2. The van der Waals surface area contributed by atoms with Gasteiger partial charge in [-0.3, -0.25) is 19.5 Å². The van der Waals surface area contributed by atoms with Crippen molar-refractivity contribution in [3.8, 4) is 0 Å². The van der Waals surface area contributed by atoms with Crippen molar-refractivity contribution in [2.24, 2.45) is 0 Å². The van der Waals surface area contributed by atoms with Crippen molar-refractivity contribution < 1.29 is 19.1 Å². The molecule has 0 aliphatic carbocycles. The summed E-state index contributed by atoms with van der Waals surface area (Å²) in [4.78, 5) is 44.1. The number of amides is 3. The minimum Gasteiger partial charge on any atom is -0.438 e. The van der Waals surface area contributed by atoms with Gasteiger partial charge in [0.15, 0.2) is 12.1 Å². The molecule has 2 heterocycles. The van der Waals surface area contributed by atoms with Crippen LogP contribution in [0.1, 0.15) is 42.7 Å². The number of cyclic esters (lactones) is 1. The highest BCUT2D eigenvalue weighted by Gasteiger charge is 2.47. The Morgan fingerprint density at radius 2 is 1.83 bits per heavy atom. The van der Waals surface area contributed by atoms with E-state index in [9.17, 15) is 14.4 Å². The second-order valence-corrected chi connectivity index (χ2v) is 8.33. The molecule has 3 aromatic rings. The monoisotopic (exact) mass is 472 g/mol. The maximum absolute atomic E-state index is 13.4. The Morgan fingerprint density at radius 1 is 1.03 bits per heavy atom. The quantitative estimate of drug-likeness (QED) is 0.486. The van der Waals surface area contributed by atoms with E-state index in [0.29, 0.717) is 23.4 Å². The molecule has 1 fully saturated rings. The van der Waals surface area contributed by atoms with Gasteiger partial charge in [-0.1, -0.05) is 55.5 Å². The molecule has 2 atom stereocenters. The van der Waals surface area contributed by atoms with Crippen LogP contribution in [-0.4, -0.2) is 33.8 Å². The van der Waals surface area contributed by atoms with Gasteiger partial charge in [-0.15, -0.1) is 0 Å². The number of benzene rings is 2. The van der Waals surface area contributed by atoms with E-state index in [1.807, 2.05) is 49.4 Å². The first-order valence-corrected chi connectivity index (χ1v) is 11.6. The SMILES string of the molecule is CCCC(=O)Nc1cccc(C2OC(=O)N(Cc3ccccc3)C2C(=O)NCc2ccccn2)c1. The molecule has 4 rings (SSSR count). The molecule has 0 spiro atoms. The van der Waals surface area contributed by atoms with Crippen LogP contribution in [0.3, 0.4) is 0 Å². The molecule has 8 heteroatoms. The second kappa shape index (κ2) is 11.3. The van der Waals surface area contributed by atoms with E-state index in [1.54, 1.807) is 36.5 Å². The number of carbonyl (C=O) groups excluding carboxylic acids is 3. The minimum absolute atomic E-state index is 0.0941. The normalized spacial score (nSPS) is 17.1. The van der Waals surface area contributed by atoms with E-state index in [0.717, 1.165) is 12.0 Å². The van der Waals surface area contributed by atoms with Crippen LogP contribution >= 0.6 is 0 Å². The first-order chi connectivity index (χ1) is 17.0. The Bertz CT molecular complexity index is 1170. The fourth-order valence-electron chi connectivity index (χ4n) is 4.02. The third kappa shape index (κ3) is 6.03. The van der Waals surface area contributed by atoms with Gasteiger partial charge in [0, 0.05) is 18.3 Å². The first kappa shape index (κ1) is 23.9. The van der Waals surface area contributed by atoms with Gasteiger partial charge < -0.3 is 15.4 Å². The average Bonchev–Trinajstić information content (AvgIpc) is 3.20. The zero-order valence-corrected chi connectivity index (χ0v) is 19.5. The Labute approximate surface area is 204 Å². The molecule has 0 bridgehead atoms. The highest BCUT2D eigenvalue weighted by molar-refractivity contribution is 5.91. The lowest BCUT2D eigenvalue weighted by Gasteiger charge is -2.24. The zero-order valence-electron chi connectivity index (χ0n) is 19.5. The van der Waals surface area contributed by atoms with Crippen molar-refractivity contribution in [2.45, 2.75) is 45.0 Å². The summed E-state index contributed by atoms with van der Waals surface area (Å²) >= 11 is 0.